The fraction of sp³-hybridized carbons (Fsp3) is 0.846. The molecule has 6 heteroatoms. The largest absolute Gasteiger partial charge is 0.464 e. The molecule has 0 radical (unpaired) electrons. The van der Waals surface area contributed by atoms with Crippen LogP contribution in [-0.4, -0.2) is 55.6 Å². The van der Waals surface area contributed by atoms with Crippen molar-refractivity contribution in [3.63, 3.8) is 0 Å². The van der Waals surface area contributed by atoms with E-state index >= 15 is 0 Å². The first kappa shape index (κ1) is 15.9. The SMILES string of the molecule is CCOC(=O)C(N)C(=O)NCCCN1CCCCC1. The number of amides is 1. The summed E-state index contributed by atoms with van der Waals surface area (Å²) < 4.78 is 4.69. The molecule has 0 bridgehead atoms. The minimum absolute atomic E-state index is 0.231. The molecule has 3 N–H and O–H groups in total. The highest BCUT2D eigenvalue weighted by molar-refractivity contribution is 6.01. The van der Waals surface area contributed by atoms with Gasteiger partial charge in [0.1, 0.15) is 0 Å². The summed E-state index contributed by atoms with van der Waals surface area (Å²) in [4.78, 5) is 25.2. The molecule has 1 atom stereocenters. The number of carbonyl (C=O) groups excluding carboxylic acids is 2. The van der Waals surface area contributed by atoms with Gasteiger partial charge in [0.25, 0.3) is 0 Å². The van der Waals surface area contributed by atoms with Crippen molar-refractivity contribution < 1.29 is 14.3 Å². The molecule has 1 fully saturated rings. The van der Waals surface area contributed by atoms with Gasteiger partial charge in [0.05, 0.1) is 6.61 Å². The first-order valence-electron chi connectivity index (χ1n) is 7.07. The van der Waals surface area contributed by atoms with Crippen molar-refractivity contribution in [2.24, 2.45) is 5.73 Å². The van der Waals surface area contributed by atoms with Gasteiger partial charge in [-0.1, -0.05) is 6.42 Å². The van der Waals surface area contributed by atoms with Crippen molar-refractivity contribution in [3.05, 3.63) is 0 Å². The van der Waals surface area contributed by atoms with Crippen molar-refractivity contribution in [3.8, 4) is 0 Å². The monoisotopic (exact) mass is 271 g/mol. The summed E-state index contributed by atoms with van der Waals surface area (Å²) in [5, 5.41) is 2.67. The molecular weight excluding hydrogens is 246 g/mol. The second-order valence-corrected chi connectivity index (χ2v) is 4.78. The molecule has 110 valence electrons. The maximum Gasteiger partial charge on any atom is 0.332 e. The van der Waals surface area contributed by atoms with Crippen LogP contribution in [0.5, 0.6) is 0 Å². The average Bonchev–Trinajstić information content (AvgIpc) is 2.44. The smallest absolute Gasteiger partial charge is 0.332 e. The molecule has 1 amide bonds. The molecule has 0 spiro atoms. The Kier molecular flexibility index (Phi) is 7.43. The van der Waals surface area contributed by atoms with E-state index in [1.54, 1.807) is 6.92 Å². The predicted molar refractivity (Wildman–Crippen MR) is 72.5 cm³/mol. The van der Waals surface area contributed by atoms with E-state index in [0.29, 0.717) is 6.54 Å². The molecule has 0 aromatic rings. The van der Waals surface area contributed by atoms with Gasteiger partial charge in [-0.15, -0.1) is 0 Å². The zero-order valence-electron chi connectivity index (χ0n) is 11.7. The van der Waals surface area contributed by atoms with Gasteiger partial charge < -0.3 is 20.7 Å². The second kappa shape index (κ2) is 8.87. The van der Waals surface area contributed by atoms with E-state index in [1.165, 1.54) is 19.3 Å². The molecule has 0 aliphatic carbocycles. The molecular formula is C13H25N3O3. The van der Waals surface area contributed by atoms with Crippen LogP contribution in [-0.2, 0) is 14.3 Å². The molecule has 19 heavy (non-hydrogen) atoms. The molecule has 0 aromatic carbocycles. The van der Waals surface area contributed by atoms with Gasteiger partial charge in [0, 0.05) is 6.54 Å². The van der Waals surface area contributed by atoms with Gasteiger partial charge in [0.2, 0.25) is 5.91 Å². The number of hydrogen-bond acceptors (Lipinski definition) is 5. The van der Waals surface area contributed by atoms with E-state index in [1.807, 2.05) is 0 Å². The van der Waals surface area contributed by atoms with Crippen LogP contribution < -0.4 is 11.1 Å². The highest BCUT2D eigenvalue weighted by Gasteiger charge is 2.22. The highest BCUT2D eigenvalue weighted by Crippen LogP contribution is 2.08. The number of nitrogens with zero attached hydrogens (tertiary/aromatic N) is 1. The fourth-order valence-corrected chi connectivity index (χ4v) is 2.15. The van der Waals surface area contributed by atoms with Crippen molar-refractivity contribution in [2.75, 3.05) is 32.8 Å². The van der Waals surface area contributed by atoms with Crippen LogP contribution in [0.15, 0.2) is 0 Å². The van der Waals surface area contributed by atoms with E-state index < -0.39 is 17.9 Å². The first-order chi connectivity index (χ1) is 9.15. The van der Waals surface area contributed by atoms with Gasteiger partial charge >= 0.3 is 5.97 Å². The summed E-state index contributed by atoms with van der Waals surface area (Å²) in [6.45, 7) is 5.74. The summed E-state index contributed by atoms with van der Waals surface area (Å²) in [5.74, 6) is -1.13. The standard InChI is InChI=1S/C13H25N3O3/c1-2-19-13(18)11(14)12(17)15-7-6-10-16-8-4-3-5-9-16/h11H,2-10,14H2,1H3,(H,15,17). The Morgan fingerprint density at radius 1 is 1.32 bits per heavy atom. The van der Waals surface area contributed by atoms with Gasteiger partial charge in [-0.3, -0.25) is 4.79 Å². The van der Waals surface area contributed by atoms with E-state index in [0.717, 1.165) is 26.1 Å². The Labute approximate surface area is 114 Å². The zero-order valence-corrected chi connectivity index (χ0v) is 11.7. The number of ether oxygens (including phenoxy) is 1. The van der Waals surface area contributed by atoms with Crippen molar-refractivity contribution in [2.45, 2.75) is 38.6 Å². The Hall–Kier alpha value is -1.14. The molecule has 0 saturated carbocycles. The summed E-state index contributed by atoms with van der Waals surface area (Å²) >= 11 is 0. The first-order valence-corrected chi connectivity index (χ1v) is 7.07. The summed E-state index contributed by atoms with van der Waals surface area (Å²) in [5.41, 5.74) is 5.47. The van der Waals surface area contributed by atoms with E-state index in [-0.39, 0.29) is 6.61 Å². The maximum atomic E-state index is 11.6. The maximum absolute atomic E-state index is 11.6. The Balaban J connectivity index is 2.10. The molecule has 1 heterocycles. The van der Waals surface area contributed by atoms with Crippen molar-refractivity contribution in [1.82, 2.24) is 10.2 Å². The number of nitrogens with two attached hydrogens (primary N) is 1. The number of esters is 1. The zero-order chi connectivity index (χ0) is 14.1. The number of carbonyl (C=O) groups is 2. The van der Waals surface area contributed by atoms with Gasteiger partial charge in [-0.2, -0.15) is 0 Å². The van der Waals surface area contributed by atoms with Gasteiger partial charge in [0.15, 0.2) is 6.04 Å². The van der Waals surface area contributed by atoms with E-state index in [4.69, 9.17) is 10.5 Å². The van der Waals surface area contributed by atoms with Crippen LogP contribution in [0.4, 0.5) is 0 Å². The topological polar surface area (TPSA) is 84.7 Å². The van der Waals surface area contributed by atoms with Crippen molar-refractivity contribution >= 4 is 11.9 Å². The quantitative estimate of drug-likeness (QED) is 0.383. The highest BCUT2D eigenvalue weighted by atomic mass is 16.5. The molecule has 1 rings (SSSR count). The lowest BCUT2D eigenvalue weighted by molar-refractivity contribution is -0.147. The van der Waals surface area contributed by atoms with Crippen LogP contribution in [0, 0.1) is 0 Å². The third-order valence-electron chi connectivity index (χ3n) is 3.22. The molecule has 1 aliphatic heterocycles. The lowest BCUT2D eigenvalue weighted by atomic mass is 10.1. The predicted octanol–water partition coefficient (Wildman–Crippen LogP) is -0.131. The molecule has 0 aromatic heterocycles. The van der Waals surface area contributed by atoms with E-state index in [9.17, 15) is 9.59 Å². The number of nitrogens with one attached hydrogen (secondary N) is 1. The lowest BCUT2D eigenvalue weighted by Crippen LogP contribution is -2.47. The minimum atomic E-state index is -1.21. The van der Waals surface area contributed by atoms with Gasteiger partial charge in [-0.05, 0) is 45.8 Å². The summed E-state index contributed by atoms with van der Waals surface area (Å²) in [6.07, 6.45) is 4.73. The molecule has 1 saturated heterocycles. The number of piperidine rings is 1. The third-order valence-corrected chi connectivity index (χ3v) is 3.22. The Morgan fingerprint density at radius 3 is 2.63 bits per heavy atom. The van der Waals surface area contributed by atoms with Crippen LogP contribution in [0.25, 0.3) is 0 Å². The van der Waals surface area contributed by atoms with Crippen LogP contribution in [0.3, 0.4) is 0 Å². The fourth-order valence-electron chi connectivity index (χ4n) is 2.15. The minimum Gasteiger partial charge on any atom is -0.464 e. The van der Waals surface area contributed by atoms with E-state index in [2.05, 4.69) is 10.2 Å². The number of likely N-dealkylation sites (tertiary alicyclic amines) is 1. The summed E-state index contributed by atoms with van der Waals surface area (Å²) in [7, 11) is 0. The lowest BCUT2D eigenvalue weighted by Gasteiger charge is -2.26. The molecule has 1 aliphatic rings. The molecule has 6 nitrogen and oxygen atoms in total. The normalized spacial score (nSPS) is 17.8. The van der Waals surface area contributed by atoms with Crippen LogP contribution in [0.2, 0.25) is 0 Å². The third kappa shape index (κ3) is 6.02. The van der Waals surface area contributed by atoms with Crippen LogP contribution in [0.1, 0.15) is 32.6 Å². The number of rotatable bonds is 7. The average molecular weight is 271 g/mol. The summed E-state index contributed by atoms with van der Waals surface area (Å²) in [6, 6.07) is -1.21. The molecule has 1 unspecified atom stereocenters. The number of hydrogen-bond donors (Lipinski definition) is 2. The van der Waals surface area contributed by atoms with Crippen molar-refractivity contribution in [1.29, 1.82) is 0 Å². The Bertz CT molecular complexity index is 291. The van der Waals surface area contributed by atoms with Gasteiger partial charge in [-0.25, -0.2) is 4.79 Å². The Morgan fingerprint density at radius 2 is 2.00 bits per heavy atom. The van der Waals surface area contributed by atoms with Crippen LogP contribution >= 0.6 is 0 Å². The second-order valence-electron chi connectivity index (χ2n) is 4.78.